The third kappa shape index (κ3) is 3.81. The molecule has 1 saturated heterocycles. The van der Waals surface area contributed by atoms with E-state index in [1.54, 1.807) is 0 Å². The summed E-state index contributed by atoms with van der Waals surface area (Å²) in [7, 11) is 0. The van der Waals surface area contributed by atoms with Crippen LogP contribution in [0.5, 0.6) is 0 Å². The summed E-state index contributed by atoms with van der Waals surface area (Å²) in [5.74, 6) is 3.67. The minimum absolute atomic E-state index is 0.475. The van der Waals surface area contributed by atoms with Gasteiger partial charge in [-0.25, -0.2) is 0 Å². The largest absolute Gasteiger partial charge is 0.328 e. The van der Waals surface area contributed by atoms with Gasteiger partial charge in [-0.3, -0.25) is 0 Å². The van der Waals surface area contributed by atoms with Gasteiger partial charge in [-0.15, -0.1) is 0 Å². The summed E-state index contributed by atoms with van der Waals surface area (Å²) in [4.78, 5) is 0. The van der Waals surface area contributed by atoms with Crippen molar-refractivity contribution in [2.24, 2.45) is 11.7 Å². The zero-order chi connectivity index (χ0) is 8.81. The normalized spacial score (nSPS) is 22.5. The predicted molar refractivity (Wildman–Crippen MR) is 57.5 cm³/mol. The Kier molecular flexibility index (Phi) is 5.08. The standard InChI is InChI=1S/C10H21NS/c1-2-3-10(11)8-9-4-6-12-7-5-9/h9-10H,2-8,11H2,1H3. The molecule has 0 saturated carbocycles. The zero-order valence-electron chi connectivity index (χ0n) is 8.09. The molecule has 0 radical (unpaired) electrons. The van der Waals surface area contributed by atoms with Crippen molar-refractivity contribution >= 4 is 11.8 Å². The first kappa shape index (κ1) is 10.4. The maximum absolute atomic E-state index is 6.01. The van der Waals surface area contributed by atoms with Gasteiger partial charge >= 0.3 is 0 Å². The lowest BCUT2D eigenvalue weighted by Gasteiger charge is -2.24. The second-order valence-corrected chi connectivity index (χ2v) is 5.06. The fourth-order valence-electron chi connectivity index (χ4n) is 1.90. The van der Waals surface area contributed by atoms with E-state index in [1.165, 1.54) is 43.6 Å². The molecule has 0 aromatic carbocycles. The number of nitrogens with two attached hydrogens (primary N) is 1. The van der Waals surface area contributed by atoms with Crippen LogP contribution in [0.3, 0.4) is 0 Å². The molecule has 2 N–H and O–H groups in total. The third-order valence-electron chi connectivity index (χ3n) is 2.64. The van der Waals surface area contributed by atoms with Gasteiger partial charge in [-0.2, -0.15) is 11.8 Å². The molecule has 72 valence electrons. The summed E-state index contributed by atoms with van der Waals surface area (Å²) in [6.07, 6.45) is 6.53. The molecule has 1 fully saturated rings. The van der Waals surface area contributed by atoms with Crippen LogP contribution in [0.25, 0.3) is 0 Å². The Labute approximate surface area is 80.5 Å². The van der Waals surface area contributed by atoms with Crippen molar-refractivity contribution in [2.75, 3.05) is 11.5 Å². The van der Waals surface area contributed by atoms with E-state index in [2.05, 4.69) is 18.7 Å². The van der Waals surface area contributed by atoms with E-state index >= 15 is 0 Å². The maximum Gasteiger partial charge on any atom is 0.00413 e. The Morgan fingerprint density at radius 2 is 2.08 bits per heavy atom. The minimum atomic E-state index is 0.475. The molecule has 0 amide bonds. The van der Waals surface area contributed by atoms with E-state index in [1.807, 2.05) is 0 Å². The summed E-state index contributed by atoms with van der Waals surface area (Å²) in [5.41, 5.74) is 6.01. The molecule has 1 aliphatic rings. The molecule has 0 aliphatic carbocycles. The highest BCUT2D eigenvalue weighted by atomic mass is 32.2. The zero-order valence-corrected chi connectivity index (χ0v) is 8.91. The van der Waals surface area contributed by atoms with Crippen molar-refractivity contribution < 1.29 is 0 Å². The SMILES string of the molecule is CCCC(N)CC1CCSCC1. The van der Waals surface area contributed by atoms with Crippen molar-refractivity contribution in [2.45, 2.75) is 45.1 Å². The molecule has 12 heavy (non-hydrogen) atoms. The molecule has 0 aromatic rings. The summed E-state index contributed by atoms with van der Waals surface area (Å²) < 4.78 is 0. The molecule has 1 nitrogen and oxygen atoms in total. The first-order valence-corrected chi connectivity index (χ1v) is 6.31. The number of hydrogen-bond acceptors (Lipinski definition) is 2. The maximum atomic E-state index is 6.01. The van der Waals surface area contributed by atoms with Crippen molar-refractivity contribution in [3.05, 3.63) is 0 Å². The average molecular weight is 187 g/mol. The highest BCUT2D eigenvalue weighted by Crippen LogP contribution is 2.26. The van der Waals surface area contributed by atoms with Crippen LogP contribution in [0.15, 0.2) is 0 Å². The Hall–Kier alpha value is 0.310. The minimum Gasteiger partial charge on any atom is -0.328 e. The molecular weight excluding hydrogens is 166 g/mol. The van der Waals surface area contributed by atoms with Gasteiger partial charge in [-0.05, 0) is 43.1 Å². The predicted octanol–water partition coefficient (Wildman–Crippen LogP) is 2.65. The van der Waals surface area contributed by atoms with Gasteiger partial charge in [0.2, 0.25) is 0 Å². The molecule has 1 rings (SSSR count). The van der Waals surface area contributed by atoms with Gasteiger partial charge in [0, 0.05) is 6.04 Å². The van der Waals surface area contributed by atoms with E-state index in [-0.39, 0.29) is 0 Å². The lowest BCUT2D eigenvalue weighted by molar-refractivity contribution is 0.394. The Bertz CT molecular complexity index is 110. The van der Waals surface area contributed by atoms with Crippen LogP contribution in [0, 0.1) is 5.92 Å². The second kappa shape index (κ2) is 5.87. The van der Waals surface area contributed by atoms with Crippen LogP contribution in [-0.4, -0.2) is 17.5 Å². The molecule has 0 spiro atoms. The van der Waals surface area contributed by atoms with E-state index < -0.39 is 0 Å². The van der Waals surface area contributed by atoms with Crippen LogP contribution in [0.1, 0.15) is 39.0 Å². The Morgan fingerprint density at radius 1 is 1.42 bits per heavy atom. The molecule has 2 heteroatoms. The first-order chi connectivity index (χ1) is 5.83. The summed E-state index contributed by atoms with van der Waals surface area (Å²) >= 11 is 2.10. The molecule has 0 bridgehead atoms. The highest BCUT2D eigenvalue weighted by molar-refractivity contribution is 7.99. The third-order valence-corrected chi connectivity index (χ3v) is 3.69. The number of thioether (sulfide) groups is 1. The summed E-state index contributed by atoms with van der Waals surface area (Å²) in [6, 6.07) is 0.475. The van der Waals surface area contributed by atoms with Gasteiger partial charge < -0.3 is 5.73 Å². The highest BCUT2D eigenvalue weighted by Gasteiger charge is 2.16. The number of hydrogen-bond donors (Lipinski definition) is 1. The van der Waals surface area contributed by atoms with Crippen LogP contribution in [0.2, 0.25) is 0 Å². The van der Waals surface area contributed by atoms with Crippen LogP contribution < -0.4 is 5.73 Å². The van der Waals surface area contributed by atoms with Gasteiger partial charge in [0.15, 0.2) is 0 Å². The van der Waals surface area contributed by atoms with Crippen molar-refractivity contribution in [3.8, 4) is 0 Å². The van der Waals surface area contributed by atoms with Gasteiger partial charge in [0.1, 0.15) is 0 Å². The van der Waals surface area contributed by atoms with E-state index in [0.29, 0.717) is 6.04 Å². The molecule has 1 heterocycles. The van der Waals surface area contributed by atoms with Crippen molar-refractivity contribution in [1.29, 1.82) is 0 Å². The summed E-state index contributed by atoms with van der Waals surface area (Å²) in [5, 5.41) is 0. The molecule has 1 aliphatic heterocycles. The van der Waals surface area contributed by atoms with E-state index in [0.717, 1.165) is 5.92 Å². The monoisotopic (exact) mass is 187 g/mol. The molecular formula is C10H21NS. The van der Waals surface area contributed by atoms with Crippen LogP contribution in [-0.2, 0) is 0 Å². The summed E-state index contributed by atoms with van der Waals surface area (Å²) in [6.45, 7) is 2.22. The fraction of sp³-hybridized carbons (Fsp3) is 1.00. The Morgan fingerprint density at radius 3 is 2.67 bits per heavy atom. The van der Waals surface area contributed by atoms with Crippen LogP contribution in [0.4, 0.5) is 0 Å². The molecule has 1 unspecified atom stereocenters. The topological polar surface area (TPSA) is 26.0 Å². The van der Waals surface area contributed by atoms with Crippen molar-refractivity contribution in [1.82, 2.24) is 0 Å². The lowest BCUT2D eigenvalue weighted by Crippen LogP contribution is -2.25. The molecule has 1 atom stereocenters. The van der Waals surface area contributed by atoms with E-state index in [9.17, 15) is 0 Å². The fourth-order valence-corrected chi connectivity index (χ4v) is 3.10. The van der Waals surface area contributed by atoms with Crippen LogP contribution >= 0.6 is 11.8 Å². The quantitative estimate of drug-likeness (QED) is 0.732. The molecule has 0 aromatic heterocycles. The lowest BCUT2D eigenvalue weighted by atomic mass is 9.93. The van der Waals surface area contributed by atoms with Gasteiger partial charge in [0.25, 0.3) is 0 Å². The van der Waals surface area contributed by atoms with Gasteiger partial charge in [0.05, 0.1) is 0 Å². The van der Waals surface area contributed by atoms with Gasteiger partial charge in [-0.1, -0.05) is 13.3 Å². The first-order valence-electron chi connectivity index (χ1n) is 5.16. The van der Waals surface area contributed by atoms with Crippen molar-refractivity contribution in [3.63, 3.8) is 0 Å². The smallest absolute Gasteiger partial charge is 0.00413 e. The van der Waals surface area contributed by atoms with E-state index in [4.69, 9.17) is 5.73 Å². The Balaban J connectivity index is 2.11. The number of rotatable bonds is 4. The second-order valence-electron chi connectivity index (χ2n) is 3.84. The average Bonchev–Trinajstić information content (AvgIpc) is 2.06.